The number of hydrogen-bond donors (Lipinski definition) is 0. The molecule has 0 aromatic heterocycles. The van der Waals surface area contributed by atoms with Gasteiger partial charge < -0.3 is 9.31 Å². The van der Waals surface area contributed by atoms with Crippen LogP contribution in [0.5, 0.6) is 0 Å². The van der Waals surface area contributed by atoms with Gasteiger partial charge in [0.05, 0.1) is 11.2 Å². The van der Waals surface area contributed by atoms with Crippen LogP contribution in [0.15, 0.2) is 30.0 Å². The van der Waals surface area contributed by atoms with Crippen molar-refractivity contribution in [3.63, 3.8) is 0 Å². The lowest BCUT2D eigenvalue weighted by Gasteiger charge is -2.32. The fraction of sp³-hybridized carbons (Fsp3) is 0.500. The van der Waals surface area contributed by atoms with Crippen LogP contribution in [0.25, 0.3) is 5.57 Å². The van der Waals surface area contributed by atoms with Crippen molar-refractivity contribution in [1.29, 1.82) is 0 Å². The molecule has 1 saturated heterocycles. The summed E-state index contributed by atoms with van der Waals surface area (Å²) in [6.45, 7) is 9.37. The standard InChI is InChI=1S/C16H21BF2O2/c1-6-13(11-7-9-12(18)10-8-11)14(19)17-20-15(2,3)16(4,5)21-17/h7-10H,6H2,1-5H3. The molecule has 1 fully saturated rings. The van der Waals surface area contributed by atoms with Gasteiger partial charge in [0.2, 0.25) is 0 Å². The van der Waals surface area contributed by atoms with Crippen LogP contribution in [0.2, 0.25) is 0 Å². The number of allylic oxidation sites excluding steroid dienone is 1. The van der Waals surface area contributed by atoms with E-state index in [2.05, 4.69) is 0 Å². The Labute approximate surface area is 125 Å². The number of hydrogen-bond acceptors (Lipinski definition) is 2. The molecule has 1 aromatic rings. The molecule has 0 amide bonds. The first kappa shape index (κ1) is 16.2. The monoisotopic (exact) mass is 294 g/mol. The first-order chi connectivity index (χ1) is 9.68. The van der Waals surface area contributed by atoms with E-state index < -0.39 is 24.0 Å². The van der Waals surface area contributed by atoms with E-state index in [9.17, 15) is 8.78 Å². The molecule has 1 aliphatic rings. The molecular formula is C16H21BF2O2. The molecule has 2 rings (SSSR count). The average Bonchev–Trinajstić information content (AvgIpc) is 2.61. The van der Waals surface area contributed by atoms with E-state index in [1.807, 2.05) is 34.6 Å². The highest BCUT2D eigenvalue weighted by Gasteiger charge is 2.53. The van der Waals surface area contributed by atoms with Gasteiger partial charge in [-0.1, -0.05) is 19.1 Å². The minimum atomic E-state index is -1.02. The second kappa shape index (κ2) is 5.54. The van der Waals surface area contributed by atoms with Crippen molar-refractivity contribution >= 4 is 12.7 Å². The second-order valence-corrected chi connectivity index (χ2v) is 6.28. The molecule has 0 spiro atoms. The van der Waals surface area contributed by atoms with E-state index in [4.69, 9.17) is 9.31 Å². The van der Waals surface area contributed by atoms with Crippen molar-refractivity contribution in [2.24, 2.45) is 0 Å². The van der Waals surface area contributed by atoms with Crippen LogP contribution in [0, 0.1) is 5.82 Å². The van der Waals surface area contributed by atoms with Crippen LogP contribution in [0.3, 0.4) is 0 Å². The van der Waals surface area contributed by atoms with Gasteiger partial charge in [0.15, 0.2) is 0 Å². The molecule has 0 bridgehead atoms. The molecule has 1 aliphatic heterocycles. The maximum absolute atomic E-state index is 14.8. The zero-order valence-corrected chi connectivity index (χ0v) is 13.2. The van der Waals surface area contributed by atoms with Crippen molar-refractivity contribution < 1.29 is 18.1 Å². The smallest absolute Gasteiger partial charge is 0.398 e. The molecule has 0 saturated carbocycles. The van der Waals surface area contributed by atoms with Gasteiger partial charge in [0.25, 0.3) is 0 Å². The van der Waals surface area contributed by atoms with Crippen LogP contribution in [0.4, 0.5) is 8.78 Å². The van der Waals surface area contributed by atoms with Crippen LogP contribution in [-0.2, 0) is 9.31 Å². The third-order valence-electron chi connectivity index (χ3n) is 4.29. The molecule has 0 N–H and O–H groups in total. The fourth-order valence-corrected chi connectivity index (χ4v) is 2.25. The number of halogens is 2. The summed E-state index contributed by atoms with van der Waals surface area (Å²) in [5.41, 5.74) is -0.491. The third kappa shape index (κ3) is 3.04. The second-order valence-electron chi connectivity index (χ2n) is 6.28. The molecule has 2 nitrogen and oxygen atoms in total. The Morgan fingerprint density at radius 1 is 1.05 bits per heavy atom. The van der Waals surface area contributed by atoms with Gasteiger partial charge in [-0.25, -0.2) is 8.78 Å². The summed E-state index contributed by atoms with van der Waals surface area (Å²) in [6.07, 6.45) is 0.474. The zero-order chi connectivity index (χ0) is 15.8. The summed E-state index contributed by atoms with van der Waals surface area (Å²) >= 11 is 0. The van der Waals surface area contributed by atoms with E-state index in [1.165, 1.54) is 12.1 Å². The molecule has 21 heavy (non-hydrogen) atoms. The molecule has 0 aliphatic carbocycles. The summed E-state index contributed by atoms with van der Waals surface area (Å²) < 4.78 is 39.2. The minimum absolute atomic E-state index is 0.342. The Morgan fingerprint density at radius 3 is 1.95 bits per heavy atom. The molecule has 1 heterocycles. The first-order valence-corrected chi connectivity index (χ1v) is 7.18. The van der Waals surface area contributed by atoms with E-state index in [1.54, 1.807) is 12.1 Å². The van der Waals surface area contributed by atoms with Gasteiger partial charge in [-0.05, 0) is 57.4 Å². The van der Waals surface area contributed by atoms with Crippen molar-refractivity contribution in [3.8, 4) is 0 Å². The van der Waals surface area contributed by atoms with Crippen LogP contribution < -0.4 is 0 Å². The minimum Gasteiger partial charge on any atom is -0.398 e. The maximum Gasteiger partial charge on any atom is 0.525 e. The van der Waals surface area contributed by atoms with E-state index >= 15 is 0 Å². The van der Waals surface area contributed by atoms with Crippen LogP contribution in [-0.4, -0.2) is 18.3 Å². The number of benzene rings is 1. The molecule has 5 heteroatoms. The zero-order valence-electron chi connectivity index (χ0n) is 13.2. The van der Waals surface area contributed by atoms with E-state index in [-0.39, 0.29) is 5.82 Å². The van der Waals surface area contributed by atoms with Crippen LogP contribution in [0.1, 0.15) is 46.6 Å². The first-order valence-electron chi connectivity index (χ1n) is 7.18. The summed E-state index contributed by atoms with van der Waals surface area (Å²) in [5.74, 6) is -0.342. The topological polar surface area (TPSA) is 18.5 Å². The highest BCUT2D eigenvalue weighted by molar-refractivity contribution is 6.55. The van der Waals surface area contributed by atoms with E-state index in [0.29, 0.717) is 17.6 Å². The molecule has 0 unspecified atom stereocenters. The molecular weight excluding hydrogens is 273 g/mol. The molecule has 0 atom stereocenters. The summed E-state index contributed by atoms with van der Waals surface area (Å²) in [5, 5.41) is 0. The Morgan fingerprint density at radius 2 is 1.52 bits per heavy atom. The van der Waals surface area contributed by atoms with Gasteiger partial charge in [-0.2, -0.15) is 0 Å². The highest BCUT2D eigenvalue weighted by Crippen LogP contribution is 2.40. The summed E-state index contributed by atoms with van der Waals surface area (Å²) in [7, 11) is -1.02. The van der Waals surface area contributed by atoms with Gasteiger partial charge >= 0.3 is 7.12 Å². The number of rotatable bonds is 3. The SMILES string of the molecule is CCC(=C(F)B1OC(C)(C)C(C)(C)O1)c1ccc(F)cc1. The maximum atomic E-state index is 14.8. The predicted molar refractivity (Wildman–Crippen MR) is 80.8 cm³/mol. The Hall–Kier alpha value is -1.20. The average molecular weight is 294 g/mol. The fourth-order valence-electron chi connectivity index (χ4n) is 2.25. The molecule has 114 valence electrons. The van der Waals surface area contributed by atoms with Crippen molar-refractivity contribution in [3.05, 3.63) is 41.4 Å². The Kier molecular flexibility index (Phi) is 4.27. The van der Waals surface area contributed by atoms with Crippen molar-refractivity contribution in [2.45, 2.75) is 52.2 Å². The molecule has 1 aromatic carbocycles. The lowest BCUT2D eigenvalue weighted by Crippen LogP contribution is -2.41. The quantitative estimate of drug-likeness (QED) is 0.761. The normalized spacial score (nSPS) is 21.4. The van der Waals surface area contributed by atoms with Crippen molar-refractivity contribution in [2.75, 3.05) is 0 Å². The van der Waals surface area contributed by atoms with Crippen molar-refractivity contribution in [1.82, 2.24) is 0 Å². The third-order valence-corrected chi connectivity index (χ3v) is 4.29. The van der Waals surface area contributed by atoms with Gasteiger partial charge in [-0.3, -0.25) is 0 Å². The lowest BCUT2D eigenvalue weighted by atomic mass is 9.82. The summed E-state index contributed by atoms with van der Waals surface area (Å²) in [6, 6.07) is 5.78. The van der Waals surface area contributed by atoms with Gasteiger partial charge in [0.1, 0.15) is 11.5 Å². The highest BCUT2D eigenvalue weighted by atomic mass is 19.1. The Balaban J connectivity index is 2.35. The lowest BCUT2D eigenvalue weighted by molar-refractivity contribution is 0.00578. The van der Waals surface area contributed by atoms with Gasteiger partial charge in [0, 0.05) is 0 Å². The van der Waals surface area contributed by atoms with Crippen LogP contribution >= 0.6 is 0 Å². The molecule has 0 radical (unpaired) electrons. The largest absolute Gasteiger partial charge is 0.525 e. The predicted octanol–water partition coefficient (Wildman–Crippen LogP) is 4.55. The van der Waals surface area contributed by atoms with Gasteiger partial charge in [-0.15, -0.1) is 0 Å². The Bertz CT molecular complexity index is 534. The summed E-state index contributed by atoms with van der Waals surface area (Å²) in [4.78, 5) is 0. The van der Waals surface area contributed by atoms with E-state index in [0.717, 1.165) is 0 Å².